The van der Waals surface area contributed by atoms with E-state index in [1.54, 1.807) is 38.3 Å². The molecule has 3 rings (SSSR count). The highest BCUT2D eigenvalue weighted by Crippen LogP contribution is 2.24. The smallest absolute Gasteiger partial charge is 0.323 e. The number of sulfonamides is 1. The molecule has 1 aromatic rings. The number of anilines is 1. The summed E-state index contributed by atoms with van der Waals surface area (Å²) in [5.41, 5.74) is 6.47. The van der Waals surface area contributed by atoms with E-state index in [1.165, 1.54) is 4.90 Å². The SMILES string of the molecule is CCCS(=O)(=O)N1CCN(C(=O)Nc2ccc(OC)cc2)C1C(=O)NC1CCC(N)CC1. The van der Waals surface area contributed by atoms with Gasteiger partial charge in [0.1, 0.15) is 5.75 Å². The van der Waals surface area contributed by atoms with Gasteiger partial charge in [0.05, 0.1) is 12.9 Å². The molecule has 0 bridgehead atoms. The van der Waals surface area contributed by atoms with Crippen LogP contribution in [0.15, 0.2) is 24.3 Å². The summed E-state index contributed by atoms with van der Waals surface area (Å²) in [4.78, 5) is 27.5. The summed E-state index contributed by atoms with van der Waals surface area (Å²) < 4.78 is 31.9. The van der Waals surface area contributed by atoms with E-state index in [1.807, 2.05) is 0 Å². The van der Waals surface area contributed by atoms with Gasteiger partial charge in [-0.25, -0.2) is 13.2 Å². The molecular formula is C21H33N5O5S. The third kappa shape index (κ3) is 5.70. The Morgan fingerprint density at radius 3 is 2.38 bits per heavy atom. The molecule has 1 saturated carbocycles. The lowest BCUT2D eigenvalue weighted by molar-refractivity contribution is -0.128. The van der Waals surface area contributed by atoms with Crippen molar-refractivity contribution in [1.29, 1.82) is 0 Å². The topological polar surface area (TPSA) is 134 Å². The maximum atomic E-state index is 13.2. The van der Waals surface area contributed by atoms with E-state index in [0.717, 1.165) is 30.0 Å². The fourth-order valence-corrected chi connectivity index (χ4v) is 5.79. The van der Waals surface area contributed by atoms with E-state index in [2.05, 4.69) is 10.6 Å². The first-order valence-corrected chi connectivity index (χ1v) is 12.6. The molecule has 4 N–H and O–H groups in total. The minimum Gasteiger partial charge on any atom is -0.497 e. The number of hydrogen-bond donors (Lipinski definition) is 3. The van der Waals surface area contributed by atoms with Crippen molar-refractivity contribution in [1.82, 2.24) is 14.5 Å². The summed E-state index contributed by atoms with van der Waals surface area (Å²) in [7, 11) is -2.14. The van der Waals surface area contributed by atoms with Gasteiger partial charge in [-0.1, -0.05) is 6.92 Å². The fraction of sp³-hybridized carbons (Fsp3) is 0.619. The second kappa shape index (κ2) is 10.5. The lowest BCUT2D eigenvalue weighted by atomic mass is 9.92. The largest absolute Gasteiger partial charge is 0.497 e. The number of nitrogens with zero attached hydrogens (tertiary/aromatic N) is 2. The molecule has 0 spiro atoms. The minimum atomic E-state index is -3.69. The molecule has 10 nitrogen and oxygen atoms in total. The van der Waals surface area contributed by atoms with Crippen molar-refractivity contribution >= 4 is 27.6 Å². The molecular weight excluding hydrogens is 434 g/mol. The zero-order valence-corrected chi connectivity index (χ0v) is 19.4. The minimum absolute atomic E-state index is 0.0754. The average Bonchev–Trinajstić information content (AvgIpc) is 3.22. The molecule has 1 aliphatic heterocycles. The molecule has 2 aliphatic rings. The Hall–Kier alpha value is -2.37. The summed E-state index contributed by atoms with van der Waals surface area (Å²) >= 11 is 0. The van der Waals surface area contributed by atoms with Crippen LogP contribution in [-0.2, 0) is 14.8 Å². The second-order valence-electron chi connectivity index (χ2n) is 8.27. The third-order valence-electron chi connectivity index (χ3n) is 5.90. The van der Waals surface area contributed by atoms with Gasteiger partial charge in [-0.05, 0) is 56.4 Å². The number of methoxy groups -OCH3 is 1. The zero-order chi connectivity index (χ0) is 23.3. The summed E-state index contributed by atoms with van der Waals surface area (Å²) in [6.45, 7) is 1.96. The van der Waals surface area contributed by atoms with Crippen molar-refractivity contribution in [3.8, 4) is 5.75 Å². The van der Waals surface area contributed by atoms with Crippen molar-refractivity contribution in [3.63, 3.8) is 0 Å². The molecule has 1 atom stereocenters. The number of ether oxygens (including phenoxy) is 1. The molecule has 1 unspecified atom stereocenters. The highest BCUT2D eigenvalue weighted by Gasteiger charge is 2.46. The van der Waals surface area contributed by atoms with Crippen LogP contribution >= 0.6 is 0 Å². The Labute approximate surface area is 189 Å². The predicted octanol–water partition coefficient (Wildman–Crippen LogP) is 1.30. The predicted molar refractivity (Wildman–Crippen MR) is 122 cm³/mol. The van der Waals surface area contributed by atoms with Gasteiger partial charge in [0.15, 0.2) is 6.17 Å². The van der Waals surface area contributed by atoms with Crippen LogP contribution in [0, 0.1) is 0 Å². The van der Waals surface area contributed by atoms with Crippen LogP contribution in [0.25, 0.3) is 0 Å². The normalized spacial score (nSPS) is 24.2. The summed E-state index contributed by atoms with van der Waals surface area (Å²) in [5.74, 6) is 0.0845. The van der Waals surface area contributed by atoms with Gasteiger partial charge in [-0.15, -0.1) is 0 Å². The third-order valence-corrected chi connectivity index (χ3v) is 7.92. The number of carbonyl (C=O) groups excluding carboxylic acids is 2. The maximum Gasteiger partial charge on any atom is 0.323 e. The first-order chi connectivity index (χ1) is 15.2. The maximum absolute atomic E-state index is 13.2. The molecule has 11 heteroatoms. The van der Waals surface area contributed by atoms with Crippen molar-refractivity contribution in [3.05, 3.63) is 24.3 Å². The van der Waals surface area contributed by atoms with E-state index in [0.29, 0.717) is 17.9 Å². The van der Waals surface area contributed by atoms with Crippen LogP contribution in [0.2, 0.25) is 0 Å². The van der Waals surface area contributed by atoms with E-state index in [4.69, 9.17) is 10.5 Å². The number of nitrogens with one attached hydrogen (secondary N) is 2. The van der Waals surface area contributed by atoms with Crippen LogP contribution in [0.1, 0.15) is 39.0 Å². The number of carbonyl (C=O) groups is 2. The molecule has 2 fully saturated rings. The monoisotopic (exact) mass is 467 g/mol. The molecule has 1 aromatic carbocycles. The van der Waals surface area contributed by atoms with Crippen molar-refractivity contribution < 1.29 is 22.7 Å². The number of amides is 3. The molecule has 3 amide bonds. The number of urea groups is 1. The van der Waals surface area contributed by atoms with Crippen LogP contribution < -0.4 is 21.1 Å². The zero-order valence-electron chi connectivity index (χ0n) is 18.6. The first kappa shape index (κ1) is 24.3. The quantitative estimate of drug-likeness (QED) is 0.553. The number of nitrogens with two attached hydrogens (primary N) is 1. The van der Waals surface area contributed by atoms with E-state index in [9.17, 15) is 18.0 Å². The highest BCUT2D eigenvalue weighted by molar-refractivity contribution is 7.89. The van der Waals surface area contributed by atoms with Gasteiger partial charge in [-0.2, -0.15) is 4.31 Å². The molecule has 32 heavy (non-hydrogen) atoms. The van der Waals surface area contributed by atoms with Gasteiger partial charge in [0.25, 0.3) is 5.91 Å². The van der Waals surface area contributed by atoms with Crippen LogP contribution in [0.4, 0.5) is 10.5 Å². The van der Waals surface area contributed by atoms with Crippen molar-refractivity contribution in [2.24, 2.45) is 5.73 Å². The lowest BCUT2D eigenvalue weighted by Gasteiger charge is -2.32. The number of hydrogen-bond acceptors (Lipinski definition) is 6. The van der Waals surface area contributed by atoms with Crippen molar-refractivity contribution in [2.45, 2.75) is 57.3 Å². The fourth-order valence-electron chi connectivity index (χ4n) is 4.17. The van der Waals surface area contributed by atoms with Gasteiger partial charge >= 0.3 is 6.03 Å². The van der Waals surface area contributed by atoms with Gasteiger partial charge in [0, 0.05) is 30.9 Å². The Bertz CT molecular complexity index is 900. The Morgan fingerprint density at radius 1 is 1.12 bits per heavy atom. The average molecular weight is 468 g/mol. The summed E-state index contributed by atoms with van der Waals surface area (Å²) in [6.07, 6.45) is 2.27. The molecule has 1 aliphatic carbocycles. The molecule has 1 heterocycles. The lowest BCUT2D eigenvalue weighted by Crippen LogP contribution is -2.57. The van der Waals surface area contributed by atoms with Crippen LogP contribution in [-0.4, -0.2) is 73.8 Å². The van der Waals surface area contributed by atoms with E-state index >= 15 is 0 Å². The van der Waals surface area contributed by atoms with Crippen LogP contribution in [0.3, 0.4) is 0 Å². The van der Waals surface area contributed by atoms with Gasteiger partial charge in [-0.3, -0.25) is 9.69 Å². The van der Waals surface area contributed by atoms with Crippen LogP contribution in [0.5, 0.6) is 5.75 Å². The Kier molecular flexibility index (Phi) is 7.96. The molecule has 1 saturated heterocycles. The number of rotatable bonds is 7. The Balaban J connectivity index is 1.77. The molecule has 178 valence electrons. The molecule has 0 aromatic heterocycles. The van der Waals surface area contributed by atoms with Crippen molar-refractivity contribution in [2.75, 3.05) is 31.3 Å². The molecule has 0 radical (unpaired) electrons. The van der Waals surface area contributed by atoms with Gasteiger partial charge in [0.2, 0.25) is 10.0 Å². The standard InChI is InChI=1S/C21H33N5O5S/c1-3-14-32(29,30)26-13-12-25(21(28)24-17-8-10-18(31-2)11-9-17)20(26)19(27)23-16-6-4-15(22)5-7-16/h8-11,15-16,20H,3-7,12-14,22H2,1-2H3,(H,23,27)(H,24,28). The van der Waals surface area contributed by atoms with Gasteiger partial charge < -0.3 is 21.1 Å². The van der Waals surface area contributed by atoms with E-state index in [-0.39, 0.29) is 30.9 Å². The number of benzene rings is 1. The Morgan fingerprint density at radius 2 is 1.78 bits per heavy atom. The first-order valence-electron chi connectivity index (χ1n) is 11.0. The highest BCUT2D eigenvalue weighted by atomic mass is 32.2. The summed E-state index contributed by atoms with van der Waals surface area (Å²) in [6, 6.07) is 6.28. The second-order valence-corrected chi connectivity index (χ2v) is 10.3. The summed E-state index contributed by atoms with van der Waals surface area (Å²) in [5, 5.41) is 5.70. The van der Waals surface area contributed by atoms with E-state index < -0.39 is 28.1 Å².